The molecule has 7 heteroatoms. The first-order chi connectivity index (χ1) is 10.3. The average molecular weight is 312 g/mol. The molecule has 0 N–H and O–H groups in total. The van der Waals surface area contributed by atoms with Crippen molar-refractivity contribution in [1.29, 1.82) is 0 Å². The van der Waals surface area contributed by atoms with Crippen LogP contribution < -0.4 is 0 Å². The lowest BCUT2D eigenvalue weighted by Crippen LogP contribution is -2.47. The number of nitrogens with zero attached hydrogens (tertiary/aromatic N) is 4. The number of aromatic nitrogens is 2. The second-order valence-electron chi connectivity index (χ2n) is 5.69. The van der Waals surface area contributed by atoms with Gasteiger partial charge in [-0.25, -0.2) is 0 Å². The van der Waals surface area contributed by atoms with Gasteiger partial charge in [-0.15, -0.1) is 0 Å². The summed E-state index contributed by atoms with van der Waals surface area (Å²) in [6, 6.07) is 0.775. The van der Waals surface area contributed by atoms with Gasteiger partial charge in [0, 0.05) is 50.8 Å². The van der Waals surface area contributed by atoms with Crippen LogP contribution in [-0.4, -0.2) is 70.8 Å². The molecular weight excluding hydrogens is 288 g/mol. The number of hydrogen-bond acceptors (Lipinski definition) is 7. The largest absolute Gasteiger partial charge is 0.375 e. The third kappa shape index (κ3) is 4.18. The third-order valence-corrected chi connectivity index (χ3v) is 5.20. The standard InChI is InChI=1S/C14H24N4O2S/c1-19-11-14-15-13(16-20-14)10-17-4-2-12(3-5-17)18-6-8-21-9-7-18/h12H,2-11H2,1H3. The minimum absolute atomic E-state index is 0.391. The van der Waals surface area contributed by atoms with Crippen LogP contribution in [0.25, 0.3) is 0 Å². The molecule has 0 amide bonds. The van der Waals surface area contributed by atoms with Crippen molar-refractivity contribution in [2.24, 2.45) is 0 Å². The molecule has 2 saturated heterocycles. The predicted octanol–water partition coefficient (Wildman–Crippen LogP) is 1.23. The molecule has 118 valence electrons. The van der Waals surface area contributed by atoms with Crippen LogP contribution in [0.1, 0.15) is 24.6 Å². The Morgan fingerprint density at radius 3 is 2.71 bits per heavy atom. The lowest BCUT2D eigenvalue weighted by atomic mass is 10.0. The van der Waals surface area contributed by atoms with E-state index in [2.05, 4.69) is 31.7 Å². The molecule has 0 aromatic carbocycles. The van der Waals surface area contributed by atoms with Gasteiger partial charge in [-0.1, -0.05) is 5.16 Å². The number of piperidine rings is 1. The summed E-state index contributed by atoms with van der Waals surface area (Å²) in [6.45, 7) is 5.96. The first kappa shape index (κ1) is 15.3. The Labute approximate surface area is 130 Å². The van der Waals surface area contributed by atoms with E-state index in [0.717, 1.165) is 31.5 Å². The molecule has 3 heterocycles. The van der Waals surface area contributed by atoms with Gasteiger partial charge < -0.3 is 9.26 Å². The van der Waals surface area contributed by atoms with Crippen LogP contribution in [0.15, 0.2) is 4.52 Å². The summed E-state index contributed by atoms with van der Waals surface area (Å²) >= 11 is 2.08. The van der Waals surface area contributed by atoms with E-state index in [1.54, 1.807) is 7.11 Å². The first-order valence-electron chi connectivity index (χ1n) is 7.69. The minimum atomic E-state index is 0.391. The fourth-order valence-electron chi connectivity index (χ4n) is 3.12. The molecule has 0 spiro atoms. The Bertz CT molecular complexity index is 428. The average Bonchev–Trinajstić information content (AvgIpc) is 2.97. The summed E-state index contributed by atoms with van der Waals surface area (Å²) in [5.74, 6) is 3.93. The molecular formula is C14H24N4O2S. The van der Waals surface area contributed by atoms with E-state index in [0.29, 0.717) is 12.5 Å². The molecule has 1 aromatic rings. The van der Waals surface area contributed by atoms with Gasteiger partial charge in [-0.2, -0.15) is 16.7 Å². The molecule has 2 aliphatic rings. The van der Waals surface area contributed by atoms with Crippen molar-refractivity contribution in [2.45, 2.75) is 32.0 Å². The van der Waals surface area contributed by atoms with Crippen LogP contribution in [0.2, 0.25) is 0 Å². The normalized spacial score (nSPS) is 22.7. The lowest BCUT2D eigenvalue weighted by Gasteiger charge is -2.39. The minimum Gasteiger partial charge on any atom is -0.375 e. The molecule has 2 fully saturated rings. The summed E-state index contributed by atoms with van der Waals surface area (Å²) in [7, 11) is 1.63. The quantitative estimate of drug-likeness (QED) is 0.810. The van der Waals surface area contributed by atoms with Crippen molar-refractivity contribution in [3.63, 3.8) is 0 Å². The van der Waals surface area contributed by atoms with Crippen LogP contribution in [0.4, 0.5) is 0 Å². The topological polar surface area (TPSA) is 54.6 Å². The van der Waals surface area contributed by atoms with Crippen molar-refractivity contribution in [3.05, 3.63) is 11.7 Å². The van der Waals surface area contributed by atoms with E-state index in [1.807, 2.05) is 0 Å². The number of likely N-dealkylation sites (tertiary alicyclic amines) is 1. The molecule has 0 aliphatic carbocycles. The molecule has 0 radical (unpaired) electrons. The SMILES string of the molecule is COCc1nc(CN2CCC(N3CCSCC3)CC2)no1. The number of hydrogen-bond donors (Lipinski definition) is 0. The highest BCUT2D eigenvalue weighted by Crippen LogP contribution is 2.21. The summed E-state index contributed by atoms with van der Waals surface area (Å²) in [5, 5.41) is 4.02. The van der Waals surface area contributed by atoms with E-state index < -0.39 is 0 Å². The Morgan fingerprint density at radius 2 is 2.00 bits per heavy atom. The highest BCUT2D eigenvalue weighted by molar-refractivity contribution is 7.99. The maximum atomic E-state index is 5.14. The van der Waals surface area contributed by atoms with Crippen molar-refractivity contribution in [1.82, 2.24) is 19.9 Å². The van der Waals surface area contributed by atoms with Crippen LogP contribution in [-0.2, 0) is 17.9 Å². The van der Waals surface area contributed by atoms with Gasteiger partial charge in [0.2, 0.25) is 0 Å². The highest BCUT2D eigenvalue weighted by atomic mass is 32.2. The van der Waals surface area contributed by atoms with Gasteiger partial charge in [-0.05, 0) is 12.8 Å². The van der Waals surface area contributed by atoms with E-state index in [9.17, 15) is 0 Å². The van der Waals surface area contributed by atoms with Gasteiger partial charge in [0.15, 0.2) is 5.82 Å². The van der Waals surface area contributed by atoms with E-state index >= 15 is 0 Å². The second kappa shape index (κ2) is 7.58. The van der Waals surface area contributed by atoms with E-state index in [4.69, 9.17) is 9.26 Å². The van der Waals surface area contributed by atoms with Gasteiger partial charge in [0.05, 0.1) is 6.54 Å². The molecule has 21 heavy (non-hydrogen) atoms. The first-order valence-corrected chi connectivity index (χ1v) is 8.85. The van der Waals surface area contributed by atoms with Gasteiger partial charge in [0.25, 0.3) is 5.89 Å². The highest BCUT2D eigenvalue weighted by Gasteiger charge is 2.26. The predicted molar refractivity (Wildman–Crippen MR) is 82.2 cm³/mol. The summed E-state index contributed by atoms with van der Waals surface area (Å²) < 4.78 is 10.1. The maximum Gasteiger partial charge on any atom is 0.252 e. The molecule has 0 saturated carbocycles. The number of thioether (sulfide) groups is 1. The monoisotopic (exact) mass is 312 g/mol. The molecule has 0 atom stereocenters. The van der Waals surface area contributed by atoms with Gasteiger partial charge in [-0.3, -0.25) is 9.80 Å². The molecule has 0 unspecified atom stereocenters. The van der Waals surface area contributed by atoms with Crippen LogP contribution in [0, 0.1) is 0 Å². The fourth-order valence-corrected chi connectivity index (χ4v) is 4.05. The zero-order valence-corrected chi connectivity index (χ0v) is 13.5. The third-order valence-electron chi connectivity index (χ3n) is 4.26. The van der Waals surface area contributed by atoms with E-state index in [1.165, 1.54) is 37.4 Å². The van der Waals surface area contributed by atoms with Crippen molar-refractivity contribution in [3.8, 4) is 0 Å². The zero-order valence-electron chi connectivity index (χ0n) is 12.7. The van der Waals surface area contributed by atoms with Crippen LogP contribution in [0.5, 0.6) is 0 Å². The number of rotatable bonds is 5. The maximum absolute atomic E-state index is 5.14. The fraction of sp³-hybridized carbons (Fsp3) is 0.857. The number of methoxy groups -OCH3 is 1. The van der Waals surface area contributed by atoms with Crippen LogP contribution >= 0.6 is 11.8 Å². The Morgan fingerprint density at radius 1 is 1.24 bits per heavy atom. The summed E-state index contributed by atoms with van der Waals surface area (Å²) in [5.41, 5.74) is 0. The summed E-state index contributed by atoms with van der Waals surface area (Å²) in [6.07, 6.45) is 2.51. The summed E-state index contributed by atoms with van der Waals surface area (Å²) in [4.78, 5) is 9.45. The second-order valence-corrected chi connectivity index (χ2v) is 6.92. The molecule has 2 aliphatic heterocycles. The van der Waals surface area contributed by atoms with Gasteiger partial charge >= 0.3 is 0 Å². The Kier molecular flexibility index (Phi) is 5.51. The molecule has 1 aromatic heterocycles. The van der Waals surface area contributed by atoms with Crippen molar-refractivity contribution < 1.29 is 9.26 Å². The number of ether oxygens (including phenoxy) is 1. The Balaban J connectivity index is 1.44. The molecule has 0 bridgehead atoms. The molecule has 6 nitrogen and oxygen atoms in total. The zero-order chi connectivity index (χ0) is 14.5. The van der Waals surface area contributed by atoms with Crippen molar-refractivity contribution >= 4 is 11.8 Å². The lowest BCUT2D eigenvalue weighted by molar-refractivity contribution is 0.110. The van der Waals surface area contributed by atoms with E-state index in [-0.39, 0.29) is 0 Å². The molecule has 3 rings (SSSR count). The smallest absolute Gasteiger partial charge is 0.252 e. The van der Waals surface area contributed by atoms with Crippen LogP contribution in [0.3, 0.4) is 0 Å². The van der Waals surface area contributed by atoms with Gasteiger partial charge in [0.1, 0.15) is 6.61 Å². The van der Waals surface area contributed by atoms with Crippen molar-refractivity contribution in [2.75, 3.05) is 44.8 Å². The Hall–Kier alpha value is -0.630.